The van der Waals surface area contributed by atoms with E-state index in [2.05, 4.69) is 60.4 Å². The van der Waals surface area contributed by atoms with Crippen LogP contribution in [0.4, 0.5) is 23.0 Å². The highest BCUT2D eigenvalue weighted by atomic mass is 15.1. The number of nitrogen functional groups attached to an aromatic ring is 1. The van der Waals surface area contributed by atoms with E-state index in [9.17, 15) is 0 Å². The minimum absolute atomic E-state index is 0.518. The van der Waals surface area contributed by atoms with Crippen molar-refractivity contribution >= 4 is 23.0 Å². The summed E-state index contributed by atoms with van der Waals surface area (Å²) >= 11 is 0. The van der Waals surface area contributed by atoms with Crippen LogP contribution in [-0.4, -0.2) is 16.5 Å². The fourth-order valence-electron chi connectivity index (χ4n) is 2.20. The van der Waals surface area contributed by atoms with Crippen LogP contribution in [-0.2, 0) is 0 Å². The fourth-order valence-corrected chi connectivity index (χ4v) is 2.20. The molecule has 0 bridgehead atoms. The van der Waals surface area contributed by atoms with Gasteiger partial charge >= 0.3 is 0 Å². The molecule has 5 nitrogen and oxygen atoms in total. The molecule has 1 aromatic carbocycles. The lowest BCUT2D eigenvalue weighted by Gasteiger charge is -2.13. The number of nitrogens with one attached hydrogen (secondary N) is 2. The first kappa shape index (κ1) is 17.1. The number of hydrogen-bond acceptors (Lipinski definition) is 5. The molecule has 1 heterocycles. The molecule has 0 saturated carbocycles. The number of rotatable bonds is 7. The molecule has 0 aliphatic rings. The Bertz CT molecular complexity index is 620. The van der Waals surface area contributed by atoms with Crippen LogP contribution in [0.2, 0.25) is 0 Å². The zero-order valence-electron chi connectivity index (χ0n) is 14.4. The van der Waals surface area contributed by atoms with Gasteiger partial charge in [-0.1, -0.05) is 39.8 Å². The zero-order valence-corrected chi connectivity index (χ0v) is 14.4. The standard InChI is InChI=1S/C18H27N5/c1-12(2)9-10-20-17-16(19)18(22-11-21-17)23-15-7-5-14(6-8-15)13(3)4/h5-8,11-13H,9-10,19H2,1-4H3,(H2,20,21,22,23). The molecular weight excluding hydrogens is 286 g/mol. The van der Waals surface area contributed by atoms with Crippen LogP contribution in [0.5, 0.6) is 0 Å². The van der Waals surface area contributed by atoms with Crippen LogP contribution >= 0.6 is 0 Å². The van der Waals surface area contributed by atoms with Gasteiger partial charge in [0.25, 0.3) is 0 Å². The maximum atomic E-state index is 6.18. The fraction of sp³-hybridized carbons (Fsp3) is 0.444. The van der Waals surface area contributed by atoms with Crippen molar-refractivity contribution in [3.63, 3.8) is 0 Å². The Morgan fingerprint density at radius 2 is 1.65 bits per heavy atom. The molecule has 0 unspecified atom stereocenters. The lowest BCUT2D eigenvalue weighted by molar-refractivity contribution is 0.606. The van der Waals surface area contributed by atoms with Gasteiger partial charge in [-0.3, -0.25) is 0 Å². The summed E-state index contributed by atoms with van der Waals surface area (Å²) in [6.45, 7) is 9.60. The third kappa shape index (κ3) is 4.84. The van der Waals surface area contributed by atoms with Crippen molar-refractivity contribution < 1.29 is 0 Å². The van der Waals surface area contributed by atoms with Crippen molar-refractivity contribution in [3.05, 3.63) is 36.2 Å². The number of aromatic nitrogens is 2. The Labute approximate surface area is 138 Å². The maximum absolute atomic E-state index is 6.18. The van der Waals surface area contributed by atoms with E-state index in [4.69, 9.17) is 5.73 Å². The number of benzene rings is 1. The highest BCUT2D eigenvalue weighted by Gasteiger charge is 2.08. The summed E-state index contributed by atoms with van der Waals surface area (Å²) in [5, 5.41) is 6.54. The van der Waals surface area contributed by atoms with Crippen molar-refractivity contribution in [1.29, 1.82) is 0 Å². The molecule has 0 fully saturated rings. The van der Waals surface area contributed by atoms with Crippen LogP contribution in [0.3, 0.4) is 0 Å². The molecule has 0 aliphatic heterocycles. The van der Waals surface area contributed by atoms with Crippen LogP contribution in [0.15, 0.2) is 30.6 Å². The summed E-state index contributed by atoms with van der Waals surface area (Å²) < 4.78 is 0. The second-order valence-corrected chi connectivity index (χ2v) is 6.50. The first-order valence-corrected chi connectivity index (χ1v) is 8.18. The summed E-state index contributed by atoms with van der Waals surface area (Å²) in [5.41, 5.74) is 9.00. The molecule has 1 aromatic heterocycles. The van der Waals surface area contributed by atoms with E-state index in [0.717, 1.165) is 18.7 Å². The van der Waals surface area contributed by atoms with Crippen LogP contribution in [0.1, 0.15) is 45.6 Å². The van der Waals surface area contributed by atoms with E-state index in [1.807, 2.05) is 12.1 Å². The quantitative estimate of drug-likeness (QED) is 0.707. The molecule has 2 rings (SSSR count). The predicted octanol–water partition coefficient (Wildman–Crippen LogP) is 4.38. The van der Waals surface area contributed by atoms with Gasteiger partial charge in [0.05, 0.1) is 0 Å². The number of nitrogens with two attached hydrogens (primary N) is 1. The third-order valence-corrected chi connectivity index (χ3v) is 3.74. The van der Waals surface area contributed by atoms with Crippen molar-refractivity contribution in [2.45, 2.75) is 40.0 Å². The lowest BCUT2D eigenvalue weighted by atomic mass is 10.0. The van der Waals surface area contributed by atoms with Crippen LogP contribution in [0, 0.1) is 5.92 Å². The van der Waals surface area contributed by atoms with E-state index >= 15 is 0 Å². The monoisotopic (exact) mass is 313 g/mol. The van der Waals surface area contributed by atoms with Gasteiger partial charge in [0, 0.05) is 12.2 Å². The Hall–Kier alpha value is -2.30. The number of nitrogens with zero attached hydrogens (tertiary/aromatic N) is 2. The molecule has 124 valence electrons. The van der Waals surface area contributed by atoms with Gasteiger partial charge in [-0.15, -0.1) is 0 Å². The second-order valence-electron chi connectivity index (χ2n) is 6.50. The van der Waals surface area contributed by atoms with Crippen LogP contribution in [0.25, 0.3) is 0 Å². The molecule has 2 aromatic rings. The Morgan fingerprint density at radius 1 is 1.00 bits per heavy atom. The minimum atomic E-state index is 0.518. The molecule has 0 atom stereocenters. The summed E-state index contributed by atoms with van der Waals surface area (Å²) in [5.74, 6) is 2.47. The van der Waals surface area contributed by atoms with Gasteiger partial charge in [-0.05, 0) is 36.0 Å². The van der Waals surface area contributed by atoms with Gasteiger partial charge < -0.3 is 16.4 Å². The molecule has 0 spiro atoms. The molecular formula is C18H27N5. The van der Waals surface area contributed by atoms with E-state index in [0.29, 0.717) is 29.2 Å². The molecule has 5 heteroatoms. The van der Waals surface area contributed by atoms with Crippen molar-refractivity contribution in [1.82, 2.24) is 9.97 Å². The van der Waals surface area contributed by atoms with E-state index in [1.54, 1.807) is 0 Å². The molecule has 23 heavy (non-hydrogen) atoms. The smallest absolute Gasteiger partial charge is 0.159 e. The SMILES string of the molecule is CC(C)CCNc1ncnc(Nc2ccc(C(C)C)cc2)c1N. The molecule has 0 amide bonds. The van der Waals surface area contributed by atoms with Crippen molar-refractivity contribution in [2.75, 3.05) is 22.9 Å². The third-order valence-electron chi connectivity index (χ3n) is 3.74. The normalized spacial score (nSPS) is 11.0. The molecule has 0 radical (unpaired) electrons. The van der Waals surface area contributed by atoms with Gasteiger partial charge in [-0.25, -0.2) is 9.97 Å². The molecule has 0 saturated heterocycles. The Morgan fingerprint density at radius 3 is 2.26 bits per heavy atom. The summed E-state index contributed by atoms with van der Waals surface area (Å²) in [7, 11) is 0. The first-order chi connectivity index (χ1) is 11.0. The van der Waals surface area contributed by atoms with Gasteiger partial charge in [0.2, 0.25) is 0 Å². The highest BCUT2D eigenvalue weighted by molar-refractivity contribution is 5.77. The van der Waals surface area contributed by atoms with E-state index in [-0.39, 0.29) is 0 Å². The van der Waals surface area contributed by atoms with E-state index < -0.39 is 0 Å². The van der Waals surface area contributed by atoms with Gasteiger partial charge in [-0.2, -0.15) is 0 Å². The average Bonchev–Trinajstić information content (AvgIpc) is 2.51. The maximum Gasteiger partial charge on any atom is 0.159 e. The topological polar surface area (TPSA) is 75.9 Å². The number of anilines is 4. The summed E-state index contributed by atoms with van der Waals surface area (Å²) in [6.07, 6.45) is 2.60. The van der Waals surface area contributed by atoms with Crippen molar-refractivity contribution in [3.8, 4) is 0 Å². The highest BCUT2D eigenvalue weighted by Crippen LogP contribution is 2.26. The number of hydrogen-bond donors (Lipinski definition) is 3. The first-order valence-electron chi connectivity index (χ1n) is 8.18. The van der Waals surface area contributed by atoms with Gasteiger partial charge in [0.1, 0.15) is 12.0 Å². The Balaban J connectivity index is 2.07. The van der Waals surface area contributed by atoms with Crippen molar-refractivity contribution in [2.24, 2.45) is 5.92 Å². The Kier molecular flexibility index (Phi) is 5.79. The lowest BCUT2D eigenvalue weighted by Crippen LogP contribution is -2.10. The van der Waals surface area contributed by atoms with E-state index in [1.165, 1.54) is 11.9 Å². The molecule has 4 N–H and O–H groups in total. The summed E-state index contributed by atoms with van der Waals surface area (Å²) in [6, 6.07) is 8.32. The second kappa shape index (κ2) is 7.81. The average molecular weight is 313 g/mol. The van der Waals surface area contributed by atoms with Gasteiger partial charge in [0.15, 0.2) is 11.6 Å². The largest absolute Gasteiger partial charge is 0.393 e. The molecule has 0 aliphatic carbocycles. The zero-order chi connectivity index (χ0) is 16.8. The minimum Gasteiger partial charge on any atom is -0.393 e. The summed E-state index contributed by atoms with van der Waals surface area (Å²) in [4.78, 5) is 8.48. The van der Waals surface area contributed by atoms with Crippen LogP contribution < -0.4 is 16.4 Å². The predicted molar refractivity (Wildman–Crippen MR) is 98.2 cm³/mol.